The van der Waals surface area contributed by atoms with Crippen molar-refractivity contribution in [2.75, 3.05) is 0 Å². The number of primary amides is 1. The zero-order valence-electron chi connectivity index (χ0n) is 14.8. The van der Waals surface area contributed by atoms with Crippen molar-refractivity contribution in [1.29, 1.82) is 5.26 Å². The Morgan fingerprint density at radius 3 is 2.56 bits per heavy atom. The van der Waals surface area contributed by atoms with E-state index in [1.807, 2.05) is 30.7 Å². The van der Waals surface area contributed by atoms with Crippen LogP contribution in [0.25, 0.3) is 11.1 Å². The summed E-state index contributed by atoms with van der Waals surface area (Å²) < 4.78 is 1.85. The van der Waals surface area contributed by atoms with Gasteiger partial charge in [-0.1, -0.05) is 35.3 Å². The zero-order valence-corrected chi connectivity index (χ0v) is 16.3. The Balaban J connectivity index is 2.00. The van der Waals surface area contributed by atoms with Crippen LogP contribution in [0.4, 0.5) is 0 Å². The van der Waals surface area contributed by atoms with E-state index in [9.17, 15) is 4.79 Å². The molecule has 0 spiro atoms. The lowest BCUT2D eigenvalue weighted by atomic mass is 10.0. The zero-order chi connectivity index (χ0) is 19.7. The predicted molar refractivity (Wildman–Crippen MR) is 106 cm³/mol. The lowest BCUT2D eigenvalue weighted by Gasteiger charge is -2.08. The van der Waals surface area contributed by atoms with Crippen molar-refractivity contribution >= 4 is 29.1 Å². The number of aromatic nitrogens is 2. The molecule has 0 aliphatic rings. The molecule has 0 bridgehead atoms. The van der Waals surface area contributed by atoms with E-state index < -0.39 is 5.91 Å². The molecule has 2 aromatic carbocycles. The highest BCUT2D eigenvalue weighted by atomic mass is 35.5. The van der Waals surface area contributed by atoms with Crippen LogP contribution in [-0.2, 0) is 6.54 Å². The number of hydrogen-bond donors (Lipinski definition) is 1. The third kappa shape index (κ3) is 3.68. The second kappa shape index (κ2) is 7.43. The molecular weight excluding hydrogens is 383 g/mol. The first kappa shape index (κ1) is 19.0. The molecule has 2 N–H and O–H groups in total. The minimum atomic E-state index is -0.567. The van der Waals surface area contributed by atoms with E-state index in [-0.39, 0.29) is 5.56 Å². The third-order valence-corrected chi connectivity index (χ3v) is 5.03. The molecule has 136 valence electrons. The summed E-state index contributed by atoms with van der Waals surface area (Å²) in [7, 11) is 0. The molecule has 1 heterocycles. The normalized spacial score (nSPS) is 10.6. The molecule has 0 aliphatic heterocycles. The smallest absolute Gasteiger partial charge is 0.250 e. The second-order valence-corrected chi connectivity index (χ2v) is 7.00. The average molecular weight is 399 g/mol. The number of amides is 1. The van der Waals surface area contributed by atoms with Crippen LogP contribution in [0.1, 0.15) is 32.9 Å². The Labute approximate surface area is 166 Å². The number of rotatable bonds is 4. The second-order valence-electron chi connectivity index (χ2n) is 6.19. The Bertz CT molecular complexity index is 1100. The van der Waals surface area contributed by atoms with Gasteiger partial charge in [-0.3, -0.25) is 9.48 Å². The van der Waals surface area contributed by atoms with E-state index >= 15 is 0 Å². The van der Waals surface area contributed by atoms with E-state index in [1.54, 1.807) is 24.3 Å². The van der Waals surface area contributed by atoms with Gasteiger partial charge in [0.15, 0.2) is 0 Å². The number of carbonyl (C=O) groups is 1. The van der Waals surface area contributed by atoms with Crippen LogP contribution in [0.3, 0.4) is 0 Å². The van der Waals surface area contributed by atoms with E-state index in [4.69, 9.17) is 34.2 Å². The van der Waals surface area contributed by atoms with Gasteiger partial charge in [0.05, 0.1) is 33.4 Å². The van der Waals surface area contributed by atoms with Crippen LogP contribution in [-0.4, -0.2) is 15.7 Å². The summed E-state index contributed by atoms with van der Waals surface area (Å²) in [5.41, 5.74) is 10.6. The summed E-state index contributed by atoms with van der Waals surface area (Å²) in [6.45, 7) is 4.35. The van der Waals surface area contributed by atoms with Crippen LogP contribution in [0.15, 0.2) is 36.4 Å². The average Bonchev–Trinajstić information content (AvgIpc) is 2.89. The summed E-state index contributed by atoms with van der Waals surface area (Å²) in [4.78, 5) is 11.5. The Morgan fingerprint density at radius 2 is 1.93 bits per heavy atom. The minimum absolute atomic E-state index is 0.287. The summed E-state index contributed by atoms with van der Waals surface area (Å²) in [6.07, 6.45) is 0. The molecule has 0 saturated heterocycles. The van der Waals surface area contributed by atoms with Gasteiger partial charge < -0.3 is 5.73 Å². The lowest BCUT2D eigenvalue weighted by Crippen LogP contribution is -2.13. The van der Waals surface area contributed by atoms with Gasteiger partial charge in [0, 0.05) is 11.3 Å². The highest BCUT2D eigenvalue weighted by molar-refractivity contribution is 6.33. The largest absolute Gasteiger partial charge is 0.366 e. The summed E-state index contributed by atoms with van der Waals surface area (Å²) in [6, 6.07) is 12.6. The maximum absolute atomic E-state index is 11.5. The van der Waals surface area contributed by atoms with Gasteiger partial charge in [0.2, 0.25) is 5.91 Å². The predicted octanol–water partition coefficient (Wildman–Crippen LogP) is 4.49. The lowest BCUT2D eigenvalue weighted by molar-refractivity contribution is 0.100. The maximum atomic E-state index is 11.5. The quantitative estimate of drug-likeness (QED) is 0.701. The molecule has 0 radical (unpaired) electrons. The fourth-order valence-corrected chi connectivity index (χ4v) is 3.50. The van der Waals surface area contributed by atoms with Crippen molar-refractivity contribution in [3.63, 3.8) is 0 Å². The number of benzene rings is 2. The number of aryl methyl sites for hydroxylation is 1. The molecule has 0 unspecified atom stereocenters. The fourth-order valence-electron chi connectivity index (χ4n) is 3.06. The van der Waals surface area contributed by atoms with Gasteiger partial charge in [-0.15, -0.1) is 0 Å². The number of nitrogens with zero attached hydrogens (tertiary/aromatic N) is 3. The molecule has 0 fully saturated rings. The summed E-state index contributed by atoms with van der Waals surface area (Å²) >= 11 is 12.2. The van der Waals surface area contributed by atoms with Gasteiger partial charge in [0.1, 0.15) is 6.07 Å². The molecule has 1 aromatic heterocycles. The molecule has 3 rings (SSSR count). The van der Waals surface area contributed by atoms with Gasteiger partial charge in [-0.05, 0) is 49.2 Å². The molecule has 1 amide bonds. The molecule has 3 aromatic rings. The molecule has 0 aliphatic carbocycles. The monoisotopic (exact) mass is 398 g/mol. The Morgan fingerprint density at radius 1 is 1.19 bits per heavy atom. The third-order valence-electron chi connectivity index (χ3n) is 4.39. The van der Waals surface area contributed by atoms with Gasteiger partial charge >= 0.3 is 0 Å². The number of carbonyl (C=O) groups excluding carboxylic acids is 1. The van der Waals surface area contributed by atoms with Gasteiger partial charge in [-0.25, -0.2) is 0 Å². The maximum Gasteiger partial charge on any atom is 0.250 e. The SMILES string of the molecule is Cc1nn(Cc2ccc(Cl)c(C(N)=O)c2)c(C)c1-c1ccc(C#N)c(Cl)c1. The number of nitriles is 1. The van der Waals surface area contributed by atoms with Gasteiger partial charge in [0.25, 0.3) is 0 Å². The molecule has 0 atom stereocenters. The summed E-state index contributed by atoms with van der Waals surface area (Å²) in [5, 5.41) is 14.4. The Hall–Kier alpha value is -2.81. The first-order chi connectivity index (χ1) is 12.8. The topological polar surface area (TPSA) is 84.7 Å². The highest BCUT2D eigenvalue weighted by Crippen LogP contribution is 2.31. The molecule has 5 nitrogen and oxygen atoms in total. The van der Waals surface area contributed by atoms with E-state index in [0.717, 1.165) is 28.1 Å². The summed E-state index contributed by atoms with van der Waals surface area (Å²) in [5.74, 6) is -0.567. The standard InChI is InChI=1S/C20H16Cl2N4O/c1-11-19(14-4-5-15(9-23)18(22)8-14)12(2)26(25-11)10-13-3-6-17(21)16(7-13)20(24)27/h3-8H,10H2,1-2H3,(H2,24,27). The molecule has 0 saturated carbocycles. The van der Waals surface area contributed by atoms with Crippen molar-refractivity contribution in [3.05, 3.63) is 74.5 Å². The van der Waals surface area contributed by atoms with Crippen LogP contribution in [0.2, 0.25) is 10.0 Å². The van der Waals surface area contributed by atoms with Crippen molar-refractivity contribution < 1.29 is 4.79 Å². The van der Waals surface area contributed by atoms with Crippen LogP contribution >= 0.6 is 23.2 Å². The van der Waals surface area contributed by atoms with Gasteiger partial charge in [-0.2, -0.15) is 10.4 Å². The van der Waals surface area contributed by atoms with E-state index in [1.165, 1.54) is 0 Å². The van der Waals surface area contributed by atoms with Crippen LogP contribution in [0, 0.1) is 25.2 Å². The molecular formula is C20H16Cl2N4O. The minimum Gasteiger partial charge on any atom is -0.366 e. The molecule has 27 heavy (non-hydrogen) atoms. The first-order valence-corrected chi connectivity index (χ1v) is 8.89. The Kier molecular flexibility index (Phi) is 5.22. The first-order valence-electron chi connectivity index (χ1n) is 8.14. The van der Waals surface area contributed by atoms with Crippen molar-refractivity contribution in [2.45, 2.75) is 20.4 Å². The van der Waals surface area contributed by atoms with Crippen molar-refractivity contribution in [3.8, 4) is 17.2 Å². The van der Waals surface area contributed by atoms with E-state index in [0.29, 0.717) is 22.2 Å². The van der Waals surface area contributed by atoms with Crippen LogP contribution < -0.4 is 5.73 Å². The highest BCUT2D eigenvalue weighted by Gasteiger charge is 2.16. The number of nitrogens with two attached hydrogens (primary N) is 1. The van der Waals surface area contributed by atoms with E-state index in [2.05, 4.69) is 11.2 Å². The molecule has 7 heteroatoms. The fraction of sp³-hybridized carbons (Fsp3) is 0.150. The van der Waals surface area contributed by atoms with Crippen LogP contribution in [0.5, 0.6) is 0 Å². The van der Waals surface area contributed by atoms with Crippen molar-refractivity contribution in [1.82, 2.24) is 9.78 Å². The number of hydrogen-bond acceptors (Lipinski definition) is 3. The number of halogens is 2. The van der Waals surface area contributed by atoms with Crippen molar-refractivity contribution in [2.24, 2.45) is 5.73 Å².